The van der Waals surface area contributed by atoms with E-state index in [4.69, 9.17) is 4.74 Å². The van der Waals surface area contributed by atoms with Gasteiger partial charge in [0.1, 0.15) is 4.90 Å². The zero-order chi connectivity index (χ0) is 21.2. The lowest BCUT2D eigenvalue weighted by Gasteiger charge is -2.33. The molecule has 1 aromatic rings. The maximum atomic E-state index is 12.5. The van der Waals surface area contributed by atoms with E-state index in [1.165, 1.54) is 6.07 Å². The number of benzene rings is 1. The summed E-state index contributed by atoms with van der Waals surface area (Å²) in [5.74, 6) is -0.846. The summed E-state index contributed by atoms with van der Waals surface area (Å²) < 4.78 is 33.7. The van der Waals surface area contributed by atoms with Gasteiger partial charge in [-0.2, -0.15) is 8.42 Å². The SMILES string of the molecule is CCC(C)(C)NC(=O)COC(=O)[C@H]1CCCN(C2=NS(=O)(=O)c3ccccc32)C1. The molecule has 8 nitrogen and oxygen atoms in total. The number of sulfonamides is 1. The second-order valence-corrected chi connectivity index (χ2v) is 9.64. The number of carbonyl (C=O) groups is 2. The standard InChI is InChI=1S/C20H27N3O5S/c1-4-20(2,3)21-17(24)13-28-19(25)14-8-7-11-23(12-14)18-15-9-5-6-10-16(15)29(26,27)22-18/h5-6,9-10,14H,4,7-8,11-13H2,1-3H3,(H,21,24)/t14-/m0/s1. The van der Waals surface area contributed by atoms with E-state index in [2.05, 4.69) is 9.71 Å². The molecule has 29 heavy (non-hydrogen) atoms. The number of nitrogens with one attached hydrogen (secondary N) is 1. The highest BCUT2D eigenvalue weighted by Crippen LogP contribution is 2.29. The van der Waals surface area contributed by atoms with Crippen LogP contribution < -0.4 is 5.32 Å². The Hall–Kier alpha value is -2.42. The largest absolute Gasteiger partial charge is 0.455 e. The van der Waals surface area contributed by atoms with E-state index in [1.54, 1.807) is 18.2 Å². The van der Waals surface area contributed by atoms with E-state index in [9.17, 15) is 18.0 Å². The number of piperidine rings is 1. The van der Waals surface area contributed by atoms with Crippen molar-refractivity contribution in [2.75, 3.05) is 19.7 Å². The number of fused-ring (bicyclic) bond motifs is 1. The lowest BCUT2D eigenvalue weighted by atomic mass is 9.97. The fourth-order valence-corrected chi connectivity index (χ4v) is 4.66. The third-order valence-electron chi connectivity index (χ3n) is 5.37. The maximum absolute atomic E-state index is 12.5. The smallest absolute Gasteiger partial charge is 0.311 e. The third-order valence-corrected chi connectivity index (χ3v) is 6.70. The number of hydrogen-bond acceptors (Lipinski definition) is 6. The molecule has 0 saturated carbocycles. The molecule has 1 amide bonds. The quantitative estimate of drug-likeness (QED) is 0.726. The lowest BCUT2D eigenvalue weighted by molar-refractivity contribution is -0.154. The van der Waals surface area contributed by atoms with Crippen molar-refractivity contribution in [2.45, 2.75) is 50.5 Å². The Kier molecular flexibility index (Phi) is 5.97. The van der Waals surface area contributed by atoms with Crippen LogP contribution in [0.1, 0.15) is 45.6 Å². The minimum absolute atomic E-state index is 0.190. The minimum atomic E-state index is -3.71. The van der Waals surface area contributed by atoms with E-state index < -0.39 is 21.9 Å². The van der Waals surface area contributed by atoms with Gasteiger partial charge in [0.05, 0.1) is 5.92 Å². The molecule has 1 aromatic carbocycles. The van der Waals surface area contributed by atoms with Gasteiger partial charge in [-0.15, -0.1) is 4.40 Å². The first kappa shape index (κ1) is 21.3. The summed E-state index contributed by atoms with van der Waals surface area (Å²) in [5.41, 5.74) is 0.202. The van der Waals surface area contributed by atoms with Gasteiger partial charge in [0.2, 0.25) is 0 Å². The molecule has 2 heterocycles. The summed E-state index contributed by atoms with van der Waals surface area (Å²) in [6.07, 6.45) is 2.09. The number of carbonyl (C=O) groups excluding carboxylic acids is 2. The van der Waals surface area contributed by atoms with E-state index >= 15 is 0 Å². The number of likely N-dealkylation sites (tertiary alicyclic amines) is 1. The molecule has 0 aromatic heterocycles. The monoisotopic (exact) mass is 421 g/mol. The van der Waals surface area contributed by atoms with Crippen molar-refractivity contribution in [3.05, 3.63) is 29.8 Å². The summed E-state index contributed by atoms with van der Waals surface area (Å²) in [6, 6.07) is 6.69. The van der Waals surface area contributed by atoms with Crippen LogP contribution in [0.25, 0.3) is 0 Å². The highest BCUT2D eigenvalue weighted by Gasteiger charge is 2.35. The number of rotatable bonds is 5. The summed E-state index contributed by atoms with van der Waals surface area (Å²) in [5, 5.41) is 2.83. The zero-order valence-electron chi connectivity index (χ0n) is 17.0. The molecule has 9 heteroatoms. The predicted molar refractivity (Wildman–Crippen MR) is 108 cm³/mol. The van der Waals surface area contributed by atoms with Gasteiger partial charge in [-0.1, -0.05) is 19.1 Å². The van der Waals surface area contributed by atoms with Crippen LogP contribution in [0.15, 0.2) is 33.6 Å². The van der Waals surface area contributed by atoms with Gasteiger partial charge in [0.25, 0.3) is 15.9 Å². The van der Waals surface area contributed by atoms with Crippen LogP contribution in [0.3, 0.4) is 0 Å². The molecule has 0 aliphatic carbocycles. The van der Waals surface area contributed by atoms with E-state index in [0.29, 0.717) is 37.3 Å². The fraction of sp³-hybridized carbons (Fsp3) is 0.550. The van der Waals surface area contributed by atoms with Gasteiger partial charge >= 0.3 is 5.97 Å². The molecule has 1 atom stereocenters. The predicted octanol–water partition coefficient (Wildman–Crippen LogP) is 1.70. The number of esters is 1. The van der Waals surface area contributed by atoms with Crippen LogP contribution in [0.2, 0.25) is 0 Å². The first-order valence-corrected chi connectivity index (χ1v) is 11.2. The normalized spacial score (nSPS) is 20.6. The Bertz CT molecular complexity index is 939. The summed E-state index contributed by atoms with van der Waals surface area (Å²) in [7, 11) is -3.71. The van der Waals surface area contributed by atoms with Crippen molar-refractivity contribution in [2.24, 2.45) is 10.3 Å². The third kappa shape index (κ3) is 4.77. The van der Waals surface area contributed by atoms with Gasteiger partial charge in [-0.25, -0.2) is 0 Å². The molecule has 1 saturated heterocycles. The minimum Gasteiger partial charge on any atom is -0.455 e. The Balaban J connectivity index is 1.63. The Morgan fingerprint density at radius 2 is 2.03 bits per heavy atom. The molecule has 0 unspecified atom stereocenters. The zero-order valence-corrected chi connectivity index (χ0v) is 17.8. The van der Waals surface area contributed by atoms with Crippen molar-refractivity contribution >= 4 is 27.7 Å². The van der Waals surface area contributed by atoms with E-state index in [1.807, 2.05) is 25.7 Å². The van der Waals surface area contributed by atoms with Gasteiger partial charge < -0.3 is 15.0 Å². The molecule has 1 N–H and O–H groups in total. The molecule has 158 valence electrons. The molecule has 0 spiro atoms. The Morgan fingerprint density at radius 3 is 2.76 bits per heavy atom. The Labute approximate surface area is 171 Å². The number of amides is 1. The Morgan fingerprint density at radius 1 is 1.31 bits per heavy atom. The van der Waals surface area contributed by atoms with Crippen LogP contribution in [0, 0.1) is 5.92 Å². The summed E-state index contributed by atoms with van der Waals surface area (Å²) in [4.78, 5) is 26.5. The van der Waals surface area contributed by atoms with Crippen LogP contribution in [0.5, 0.6) is 0 Å². The van der Waals surface area contributed by atoms with Crippen molar-refractivity contribution in [3.63, 3.8) is 0 Å². The van der Waals surface area contributed by atoms with E-state index in [-0.39, 0.29) is 22.9 Å². The first-order chi connectivity index (χ1) is 13.6. The number of nitrogens with zero attached hydrogens (tertiary/aromatic N) is 2. The van der Waals surface area contributed by atoms with Crippen LogP contribution >= 0.6 is 0 Å². The number of ether oxygens (including phenoxy) is 1. The summed E-state index contributed by atoms with van der Waals surface area (Å²) >= 11 is 0. The van der Waals surface area contributed by atoms with Crippen molar-refractivity contribution in [1.82, 2.24) is 10.2 Å². The second kappa shape index (κ2) is 8.14. The molecule has 3 rings (SSSR count). The molecule has 0 radical (unpaired) electrons. The van der Waals surface area contributed by atoms with E-state index in [0.717, 1.165) is 6.42 Å². The van der Waals surface area contributed by atoms with Gasteiger partial charge in [-0.3, -0.25) is 9.59 Å². The van der Waals surface area contributed by atoms with Crippen LogP contribution in [0.4, 0.5) is 0 Å². The van der Waals surface area contributed by atoms with Crippen molar-refractivity contribution < 1.29 is 22.7 Å². The molecular formula is C20H27N3O5S. The highest BCUT2D eigenvalue weighted by molar-refractivity contribution is 7.90. The molecular weight excluding hydrogens is 394 g/mol. The second-order valence-electron chi connectivity index (χ2n) is 8.06. The molecule has 2 aliphatic heterocycles. The van der Waals surface area contributed by atoms with Crippen LogP contribution in [-0.2, 0) is 24.3 Å². The first-order valence-electron chi connectivity index (χ1n) is 9.80. The number of amidine groups is 1. The van der Waals surface area contributed by atoms with Gasteiger partial charge in [0, 0.05) is 24.2 Å². The van der Waals surface area contributed by atoms with Crippen molar-refractivity contribution in [1.29, 1.82) is 0 Å². The van der Waals surface area contributed by atoms with Crippen LogP contribution in [-0.4, -0.2) is 56.3 Å². The average molecular weight is 422 g/mol. The maximum Gasteiger partial charge on any atom is 0.311 e. The average Bonchev–Trinajstić information content (AvgIpc) is 2.97. The topological polar surface area (TPSA) is 105 Å². The van der Waals surface area contributed by atoms with Gasteiger partial charge in [0.15, 0.2) is 12.4 Å². The summed E-state index contributed by atoms with van der Waals surface area (Å²) in [6.45, 7) is 6.37. The van der Waals surface area contributed by atoms with Crippen molar-refractivity contribution in [3.8, 4) is 0 Å². The molecule has 1 fully saturated rings. The molecule has 0 bridgehead atoms. The molecule has 2 aliphatic rings. The van der Waals surface area contributed by atoms with Gasteiger partial charge in [-0.05, 0) is 45.2 Å². The fourth-order valence-electron chi connectivity index (χ4n) is 3.43. The highest BCUT2D eigenvalue weighted by atomic mass is 32.2. The lowest BCUT2D eigenvalue weighted by Crippen LogP contribution is -2.46. The number of hydrogen-bond donors (Lipinski definition) is 1.